The highest BCUT2D eigenvalue weighted by molar-refractivity contribution is 5.94. The lowest BCUT2D eigenvalue weighted by Crippen LogP contribution is -2.31. The maximum absolute atomic E-state index is 4.91. The quantitative estimate of drug-likeness (QED) is 0.483. The van der Waals surface area contributed by atoms with Gasteiger partial charge in [-0.15, -0.1) is 0 Å². The first-order valence-electron chi connectivity index (χ1n) is 10.3. The molecule has 30 heavy (non-hydrogen) atoms. The second-order valence-corrected chi connectivity index (χ2v) is 7.75. The highest BCUT2D eigenvalue weighted by atomic mass is 15.1. The summed E-state index contributed by atoms with van der Waals surface area (Å²) in [6.45, 7) is 2.09. The fourth-order valence-electron chi connectivity index (χ4n) is 4.33. The average molecular weight is 395 g/mol. The minimum absolute atomic E-state index is 0.444. The molecule has 0 aliphatic carbocycles. The molecular formula is C23H21N7. The summed E-state index contributed by atoms with van der Waals surface area (Å²) in [5.74, 6) is 0. The molecule has 2 N–H and O–H groups in total. The summed E-state index contributed by atoms with van der Waals surface area (Å²) in [4.78, 5) is 21.5. The topological polar surface area (TPSA) is 84.3 Å². The molecule has 1 aliphatic heterocycles. The maximum Gasteiger partial charge on any atom is 0.156 e. The van der Waals surface area contributed by atoms with Crippen LogP contribution in [0.3, 0.4) is 0 Å². The Balaban J connectivity index is 1.46. The summed E-state index contributed by atoms with van der Waals surface area (Å²) in [5, 5.41) is 3.50. The van der Waals surface area contributed by atoms with Gasteiger partial charge in [0.15, 0.2) is 5.65 Å². The second kappa shape index (κ2) is 7.03. The molecule has 5 heterocycles. The van der Waals surface area contributed by atoms with E-state index in [0.717, 1.165) is 57.7 Å². The van der Waals surface area contributed by atoms with Crippen molar-refractivity contribution in [2.24, 2.45) is 0 Å². The molecule has 1 saturated heterocycles. The number of aromatic amines is 1. The smallest absolute Gasteiger partial charge is 0.156 e. The number of rotatable bonds is 3. The average Bonchev–Trinajstić information content (AvgIpc) is 3.43. The number of fused-ring (bicyclic) bond motifs is 2. The van der Waals surface area contributed by atoms with Gasteiger partial charge in [0.2, 0.25) is 0 Å². The van der Waals surface area contributed by atoms with Crippen molar-refractivity contribution in [3.05, 3.63) is 61.4 Å². The molecule has 0 amide bonds. The van der Waals surface area contributed by atoms with Crippen molar-refractivity contribution >= 4 is 22.2 Å². The number of hydrogen-bond donors (Lipinski definition) is 2. The zero-order valence-corrected chi connectivity index (χ0v) is 16.4. The lowest BCUT2D eigenvalue weighted by atomic mass is 10.1. The van der Waals surface area contributed by atoms with Gasteiger partial charge < -0.3 is 14.9 Å². The van der Waals surface area contributed by atoms with Gasteiger partial charge in [-0.25, -0.2) is 15.0 Å². The summed E-state index contributed by atoms with van der Waals surface area (Å²) in [5.41, 5.74) is 7.84. The number of nitrogens with zero attached hydrogens (tertiary/aromatic N) is 5. The third-order valence-corrected chi connectivity index (χ3v) is 5.91. The number of piperidine rings is 1. The Morgan fingerprint density at radius 1 is 1.03 bits per heavy atom. The highest BCUT2D eigenvalue weighted by Gasteiger charge is 2.18. The van der Waals surface area contributed by atoms with Gasteiger partial charge in [-0.3, -0.25) is 4.98 Å². The van der Waals surface area contributed by atoms with Gasteiger partial charge in [0.05, 0.1) is 29.3 Å². The van der Waals surface area contributed by atoms with Crippen LogP contribution in [-0.2, 0) is 0 Å². The van der Waals surface area contributed by atoms with Crippen LogP contribution >= 0.6 is 0 Å². The summed E-state index contributed by atoms with van der Waals surface area (Å²) < 4.78 is 2.31. The Morgan fingerprint density at radius 2 is 1.97 bits per heavy atom. The molecule has 1 aliphatic rings. The fourth-order valence-corrected chi connectivity index (χ4v) is 4.33. The van der Waals surface area contributed by atoms with E-state index in [9.17, 15) is 0 Å². The van der Waals surface area contributed by atoms with Gasteiger partial charge in [0.1, 0.15) is 5.52 Å². The number of imidazole rings is 1. The van der Waals surface area contributed by atoms with E-state index in [4.69, 9.17) is 4.98 Å². The number of pyridine rings is 1. The molecule has 0 bridgehead atoms. The van der Waals surface area contributed by atoms with Crippen LogP contribution in [0.4, 0.5) is 0 Å². The van der Waals surface area contributed by atoms with E-state index in [1.165, 1.54) is 12.8 Å². The molecule has 5 aromatic rings. The van der Waals surface area contributed by atoms with Crippen molar-refractivity contribution in [3.63, 3.8) is 0 Å². The lowest BCUT2D eigenvalue weighted by Gasteiger charge is -2.24. The van der Waals surface area contributed by atoms with E-state index in [1.54, 1.807) is 18.6 Å². The summed E-state index contributed by atoms with van der Waals surface area (Å²) in [6, 6.07) is 10.8. The van der Waals surface area contributed by atoms with Crippen LogP contribution in [0.2, 0.25) is 0 Å². The number of aromatic nitrogens is 6. The number of nitrogens with one attached hydrogen (secondary N) is 2. The predicted octanol–water partition coefficient (Wildman–Crippen LogP) is 3.96. The van der Waals surface area contributed by atoms with Crippen LogP contribution in [0, 0.1) is 0 Å². The van der Waals surface area contributed by atoms with Crippen LogP contribution < -0.4 is 5.32 Å². The zero-order valence-electron chi connectivity index (χ0n) is 16.4. The van der Waals surface area contributed by atoms with Crippen LogP contribution in [0.1, 0.15) is 18.9 Å². The lowest BCUT2D eigenvalue weighted by molar-refractivity contribution is 0.378. The molecular weight excluding hydrogens is 374 g/mol. The predicted molar refractivity (Wildman–Crippen MR) is 117 cm³/mol. The summed E-state index contributed by atoms with van der Waals surface area (Å²) in [7, 11) is 0. The number of benzene rings is 1. The van der Waals surface area contributed by atoms with Crippen LogP contribution in [0.15, 0.2) is 61.4 Å². The van der Waals surface area contributed by atoms with Gasteiger partial charge in [0.25, 0.3) is 0 Å². The minimum atomic E-state index is 0.444. The Bertz CT molecular complexity index is 1330. The summed E-state index contributed by atoms with van der Waals surface area (Å²) in [6.07, 6.45) is 11.7. The first kappa shape index (κ1) is 17.3. The van der Waals surface area contributed by atoms with Gasteiger partial charge in [-0.2, -0.15) is 0 Å². The molecule has 1 atom stereocenters. The Labute approximate surface area is 173 Å². The third kappa shape index (κ3) is 2.86. The second-order valence-electron chi connectivity index (χ2n) is 7.75. The molecule has 0 saturated carbocycles. The van der Waals surface area contributed by atoms with E-state index in [2.05, 4.69) is 48.0 Å². The highest BCUT2D eigenvalue weighted by Crippen LogP contribution is 2.31. The van der Waals surface area contributed by atoms with Crippen LogP contribution in [-0.4, -0.2) is 42.6 Å². The first-order chi connectivity index (χ1) is 14.9. The third-order valence-electron chi connectivity index (χ3n) is 5.91. The molecule has 6 rings (SSSR count). The van der Waals surface area contributed by atoms with Crippen molar-refractivity contribution < 1.29 is 0 Å². The molecule has 7 heteroatoms. The van der Waals surface area contributed by atoms with E-state index in [0.29, 0.717) is 6.04 Å². The van der Waals surface area contributed by atoms with Gasteiger partial charge in [-0.05, 0) is 49.2 Å². The minimum Gasteiger partial charge on any atom is -0.344 e. The van der Waals surface area contributed by atoms with Gasteiger partial charge in [0, 0.05) is 42.3 Å². The first-order valence-corrected chi connectivity index (χ1v) is 10.3. The molecule has 148 valence electrons. The van der Waals surface area contributed by atoms with Crippen molar-refractivity contribution in [1.82, 2.24) is 34.8 Å². The molecule has 1 fully saturated rings. The zero-order chi connectivity index (χ0) is 19.9. The van der Waals surface area contributed by atoms with Gasteiger partial charge in [-0.1, -0.05) is 6.07 Å². The standard InChI is InChI=1S/C23H21N7/c1-2-17(11-25-7-1)30-14-28-19-4-3-16(10-21(19)30)18-12-26-23-22(18)29-20(13-27-23)15-5-8-24-9-6-15/h3-6,8-10,12-14,17,25H,1-2,7,11H2,(H,26,27). The fraction of sp³-hybridized carbons (Fsp3) is 0.217. The monoisotopic (exact) mass is 395 g/mol. The number of H-pyrrole nitrogens is 1. The molecule has 0 spiro atoms. The Morgan fingerprint density at radius 3 is 2.83 bits per heavy atom. The largest absolute Gasteiger partial charge is 0.344 e. The van der Waals surface area contributed by atoms with Crippen LogP contribution in [0.25, 0.3) is 44.6 Å². The van der Waals surface area contributed by atoms with Gasteiger partial charge >= 0.3 is 0 Å². The van der Waals surface area contributed by atoms with Crippen molar-refractivity contribution in [2.45, 2.75) is 18.9 Å². The Hall–Kier alpha value is -3.58. The molecule has 4 aromatic heterocycles. The molecule has 1 unspecified atom stereocenters. The molecule has 0 radical (unpaired) electrons. The SMILES string of the molecule is c1cc(-c2cnc3[nH]cc(-c4ccc5ncn(C6CCCNC6)c5c4)c3n2)ccn1. The van der Waals surface area contributed by atoms with E-state index in [1.807, 2.05) is 24.7 Å². The van der Waals surface area contributed by atoms with Crippen LogP contribution in [0.5, 0.6) is 0 Å². The number of hydrogen-bond acceptors (Lipinski definition) is 5. The van der Waals surface area contributed by atoms with Crippen molar-refractivity contribution in [3.8, 4) is 22.4 Å². The maximum atomic E-state index is 4.91. The van der Waals surface area contributed by atoms with E-state index in [-0.39, 0.29) is 0 Å². The van der Waals surface area contributed by atoms with Crippen molar-refractivity contribution in [2.75, 3.05) is 13.1 Å². The van der Waals surface area contributed by atoms with E-state index < -0.39 is 0 Å². The normalized spacial score (nSPS) is 17.0. The molecule has 7 nitrogen and oxygen atoms in total. The Kier molecular flexibility index (Phi) is 4.06. The van der Waals surface area contributed by atoms with E-state index >= 15 is 0 Å². The van der Waals surface area contributed by atoms with Crippen molar-refractivity contribution in [1.29, 1.82) is 0 Å². The molecule has 1 aromatic carbocycles. The summed E-state index contributed by atoms with van der Waals surface area (Å²) >= 11 is 0.